The molecule has 2 heterocycles. The van der Waals surface area contributed by atoms with Gasteiger partial charge < -0.3 is 9.73 Å². The summed E-state index contributed by atoms with van der Waals surface area (Å²) in [4.78, 5) is 2.57. The quantitative estimate of drug-likeness (QED) is 0.827. The lowest BCUT2D eigenvalue weighted by Gasteiger charge is -2.26. The fourth-order valence-corrected chi connectivity index (χ4v) is 3.59. The third kappa shape index (κ3) is 3.51. The van der Waals surface area contributed by atoms with Crippen molar-refractivity contribution in [1.82, 2.24) is 10.2 Å². The van der Waals surface area contributed by atoms with Gasteiger partial charge in [0.2, 0.25) is 0 Å². The first-order chi connectivity index (χ1) is 10.1. The molecule has 1 aliphatic carbocycles. The van der Waals surface area contributed by atoms with Crippen LogP contribution < -0.4 is 5.32 Å². The van der Waals surface area contributed by atoms with E-state index >= 15 is 0 Å². The first kappa shape index (κ1) is 15.1. The lowest BCUT2D eigenvalue weighted by molar-refractivity contribution is 0.225. The van der Waals surface area contributed by atoms with Crippen LogP contribution in [0.25, 0.3) is 0 Å². The molecule has 0 radical (unpaired) electrons. The van der Waals surface area contributed by atoms with Gasteiger partial charge in [0.05, 0.1) is 6.54 Å². The molecule has 1 aliphatic heterocycles. The summed E-state index contributed by atoms with van der Waals surface area (Å²) in [6.45, 7) is 11.2. The fraction of sp³-hybridized carbons (Fsp3) is 0.778. The zero-order valence-corrected chi connectivity index (χ0v) is 13.9. The van der Waals surface area contributed by atoms with E-state index in [1.54, 1.807) is 0 Å². The number of furan rings is 1. The largest absolute Gasteiger partial charge is 0.465 e. The fourth-order valence-electron chi connectivity index (χ4n) is 3.59. The van der Waals surface area contributed by atoms with E-state index < -0.39 is 0 Å². The lowest BCUT2D eigenvalue weighted by atomic mass is 9.82. The van der Waals surface area contributed by atoms with E-state index in [0.717, 1.165) is 30.7 Å². The van der Waals surface area contributed by atoms with Crippen molar-refractivity contribution < 1.29 is 4.42 Å². The molecule has 3 heteroatoms. The van der Waals surface area contributed by atoms with Gasteiger partial charge in [0.15, 0.2) is 0 Å². The Morgan fingerprint density at radius 1 is 1.33 bits per heavy atom. The molecular formula is C18H30N2O. The van der Waals surface area contributed by atoms with E-state index in [-0.39, 0.29) is 0 Å². The van der Waals surface area contributed by atoms with Gasteiger partial charge >= 0.3 is 0 Å². The minimum absolute atomic E-state index is 0.554. The summed E-state index contributed by atoms with van der Waals surface area (Å²) >= 11 is 0. The monoisotopic (exact) mass is 290 g/mol. The van der Waals surface area contributed by atoms with Crippen molar-refractivity contribution in [3.63, 3.8) is 0 Å². The van der Waals surface area contributed by atoms with Crippen LogP contribution in [-0.2, 0) is 13.1 Å². The number of hydrogen-bond acceptors (Lipinski definition) is 3. The van der Waals surface area contributed by atoms with E-state index in [1.165, 1.54) is 50.8 Å². The Balaban J connectivity index is 1.56. The van der Waals surface area contributed by atoms with Gasteiger partial charge in [-0.3, -0.25) is 4.90 Å². The number of nitrogens with one attached hydrogen (secondary N) is 1. The molecule has 2 fully saturated rings. The molecule has 21 heavy (non-hydrogen) atoms. The average Bonchev–Trinajstić information content (AvgIpc) is 3.13. The average molecular weight is 290 g/mol. The van der Waals surface area contributed by atoms with Crippen LogP contribution in [0.4, 0.5) is 0 Å². The molecule has 118 valence electrons. The Morgan fingerprint density at radius 2 is 2.10 bits per heavy atom. The SMILES string of the molecule is CCC1(CC)CCN(Cc2cc(CNC3CC3)c(C)o2)C1. The minimum atomic E-state index is 0.554. The predicted octanol–water partition coefficient (Wildman–Crippen LogP) is 3.85. The highest BCUT2D eigenvalue weighted by Gasteiger charge is 2.35. The van der Waals surface area contributed by atoms with Crippen molar-refractivity contribution in [2.45, 2.75) is 72.0 Å². The van der Waals surface area contributed by atoms with Gasteiger partial charge in [0, 0.05) is 24.7 Å². The molecule has 0 spiro atoms. The smallest absolute Gasteiger partial charge is 0.118 e. The third-order valence-corrected chi connectivity index (χ3v) is 5.63. The van der Waals surface area contributed by atoms with E-state index in [2.05, 4.69) is 37.1 Å². The van der Waals surface area contributed by atoms with Gasteiger partial charge in [0.1, 0.15) is 11.5 Å². The molecule has 0 atom stereocenters. The summed E-state index contributed by atoms with van der Waals surface area (Å²) < 4.78 is 5.98. The molecule has 3 nitrogen and oxygen atoms in total. The summed E-state index contributed by atoms with van der Waals surface area (Å²) in [5.41, 5.74) is 1.89. The first-order valence-corrected chi connectivity index (χ1v) is 8.68. The van der Waals surface area contributed by atoms with Crippen LogP contribution in [0.2, 0.25) is 0 Å². The molecule has 3 rings (SSSR count). The second kappa shape index (κ2) is 6.13. The molecule has 1 saturated heterocycles. The Bertz CT molecular complexity index is 472. The van der Waals surface area contributed by atoms with Crippen LogP contribution in [-0.4, -0.2) is 24.0 Å². The predicted molar refractivity (Wildman–Crippen MR) is 86.2 cm³/mol. The Morgan fingerprint density at radius 3 is 2.71 bits per heavy atom. The molecule has 0 aromatic carbocycles. The van der Waals surface area contributed by atoms with Crippen LogP contribution >= 0.6 is 0 Å². The Hall–Kier alpha value is -0.800. The van der Waals surface area contributed by atoms with Gasteiger partial charge in [-0.2, -0.15) is 0 Å². The molecule has 0 unspecified atom stereocenters. The maximum atomic E-state index is 5.98. The van der Waals surface area contributed by atoms with Gasteiger partial charge in [0.25, 0.3) is 0 Å². The van der Waals surface area contributed by atoms with Crippen molar-refractivity contribution in [1.29, 1.82) is 0 Å². The maximum absolute atomic E-state index is 5.98. The highest BCUT2D eigenvalue weighted by atomic mass is 16.3. The molecule has 2 aliphatic rings. The summed E-state index contributed by atoms with van der Waals surface area (Å²) in [6, 6.07) is 3.03. The van der Waals surface area contributed by atoms with Crippen molar-refractivity contribution >= 4 is 0 Å². The summed E-state index contributed by atoms with van der Waals surface area (Å²) in [7, 11) is 0. The van der Waals surface area contributed by atoms with E-state index in [1.807, 2.05) is 0 Å². The molecular weight excluding hydrogens is 260 g/mol. The third-order valence-electron chi connectivity index (χ3n) is 5.63. The normalized spacial score (nSPS) is 22.0. The molecule has 1 aromatic rings. The minimum Gasteiger partial charge on any atom is -0.465 e. The standard InChI is InChI=1S/C18H30N2O/c1-4-18(5-2)8-9-20(13-18)12-17-10-15(14(3)21-17)11-19-16-6-7-16/h10,16,19H,4-9,11-13H2,1-3H3. The van der Waals surface area contributed by atoms with Crippen LogP contribution in [0, 0.1) is 12.3 Å². The topological polar surface area (TPSA) is 28.4 Å². The van der Waals surface area contributed by atoms with Gasteiger partial charge in [-0.15, -0.1) is 0 Å². The summed E-state index contributed by atoms with van der Waals surface area (Å²) in [5, 5.41) is 3.58. The van der Waals surface area contributed by atoms with Crippen LogP contribution in [0.15, 0.2) is 10.5 Å². The zero-order valence-electron chi connectivity index (χ0n) is 13.9. The van der Waals surface area contributed by atoms with Gasteiger partial charge in [-0.1, -0.05) is 13.8 Å². The maximum Gasteiger partial charge on any atom is 0.118 e. The molecule has 0 bridgehead atoms. The first-order valence-electron chi connectivity index (χ1n) is 8.68. The zero-order chi connectivity index (χ0) is 14.9. The van der Waals surface area contributed by atoms with Crippen LogP contribution in [0.1, 0.15) is 63.0 Å². The summed E-state index contributed by atoms with van der Waals surface area (Å²) in [6.07, 6.45) is 6.62. The molecule has 1 aromatic heterocycles. The number of aryl methyl sites for hydroxylation is 1. The Labute approximate surface area is 129 Å². The highest BCUT2D eigenvalue weighted by molar-refractivity contribution is 5.21. The molecule has 1 N–H and O–H groups in total. The van der Waals surface area contributed by atoms with Crippen LogP contribution in [0.5, 0.6) is 0 Å². The van der Waals surface area contributed by atoms with Crippen LogP contribution in [0.3, 0.4) is 0 Å². The van der Waals surface area contributed by atoms with E-state index in [9.17, 15) is 0 Å². The van der Waals surface area contributed by atoms with Gasteiger partial charge in [-0.05, 0) is 57.1 Å². The number of nitrogens with zero attached hydrogens (tertiary/aromatic N) is 1. The molecule has 0 amide bonds. The second-order valence-corrected chi connectivity index (χ2v) is 7.12. The number of rotatable bonds is 7. The number of hydrogen-bond donors (Lipinski definition) is 1. The van der Waals surface area contributed by atoms with Crippen molar-refractivity contribution in [2.75, 3.05) is 13.1 Å². The van der Waals surface area contributed by atoms with Gasteiger partial charge in [-0.25, -0.2) is 0 Å². The van der Waals surface area contributed by atoms with E-state index in [4.69, 9.17) is 4.42 Å². The highest BCUT2D eigenvalue weighted by Crippen LogP contribution is 2.37. The molecule has 1 saturated carbocycles. The van der Waals surface area contributed by atoms with Crippen molar-refractivity contribution in [3.05, 3.63) is 23.2 Å². The summed E-state index contributed by atoms with van der Waals surface area (Å²) in [5.74, 6) is 2.23. The lowest BCUT2D eigenvalue weighted by Crippen LogP contribution is -2.25. The van der Waals surface area contributed by atoms with Crippen molar-refractivity contribution in [3.8, 4) is 0 Å². The van der Waals surface area contributed by atoms with E-state index in [0.29, 0.717) is 5.41 Å². The van der Waals surface area contributed by atoms with Crippen molar-refractivity contribution in [2.24, 2.45) is 5.41 Å². The number of likely N-dealkylation sites (tertiary alicyclic amines) is 1. The second-order valence-electron chi connectivity index (χ2n) is 7.12. The Kier molecular flexibility index (Phi) is 4.41.